The number of fused-ring (bicyclic) bond motifs is 4. The van der Waals surface area contributed by atoms with Gasteiger partial charge in [-0.25, -0.2) is 11.4 Å². The van der Waals surface area contributed by atoms with E-state index < -0.39 is 0 Å². The van der Waals surface area contributed by atoms with Crippen molar-refractivity contribution in [2.75, 3.05) is 0 Å². The van der Waals surface area contributed by atoms with Gasteiger partial charge in [0.2, 0.25) is 6.54 Å². The highest BCUT2D eigenvalue weighted by Gasteiger charge is 2.17. The number of hydrogen-bond donors (Lipinski definition) is 0. The molecule has 6 rings (SSSR count). The van der Waals surface area contributed by atoms with Crippen LogP contribution in [0.5, 0.6) is 0 Å². The first-order chi connectivity index (χ1) is 16.6. The van der Waals surface area contributed by atoms with Crippen LogP contribution >= 0.6 is 0 Å². The van der Waals surface area contributed by atoms with Crippen LogP contribution in [0.15, 0.2) is 90.0 Å². The molecule has 0 aliphatic heterocycles. The summed E-state index contributed by atoms with van der Waals surface area (Å²) in [6.45, 7) is 7.40. The minimum Gasteiger partial charge on any atom is -0.312 e. The third kappa shape index (κ3) is 3.06. The van der Waals surface area contributed by atoms with Crippen molar-refractivity contribution in [3.8, 4) is 16.8 Å². The molecule has 0 bridgehead atoms. The van der Waals surface area contributed by atoms with Crippen molar-refractivity contribution in [2.24, 2.45) is 7.05 Å². The van der Waals surface area contributed by atoms with Crippen LogP contribution < -0.4 is 5.69 Å². The number of aryl methyl sites for hydroxylation is 1. The van der Waals surface area contributed by atoms with Crippen molar-refractivity contribution < 1.29 is 0 Å². The fraction of sp³-hybridized carbons (Fsp3) is 0.0714. The molecule has 34 heavy (non-hydrogen) atoms. The third-order valence-corrected chi connectivity index (χ3v) is 6.26. The Balaban J connectivity index is 1.61. The van der Waals surface area contributed by atoms with Gasteiger partial charge < -0.3 is 4.85 Å². The van der Waals surface area contributed by atoms with Gasteiger partial charge in [-0.2, -0.15) is 0 Å². The molecule has 6 aromatic rings. The van der Waals surface area contributed by atoms with Crippen molar-refractivity contribution in [3.63, 3.8) is 0 Å². The molecular formula is C28H19N5O. The van der Waals surface area contributed by atoms with Gasteiger partial charge in [0.15, 0.2) is 0 Å². The number of benzene rings is 3. The van der Waals surface area contributed by atoms with Crippen molar-refractivity contribution in [1.82, 2.24) is 19.1 Å². The second-order valence-electron chi connectivity index (χ2n) is 8.30. The number of nitrogens with zero attached hydrogens (tertiary/aromatic N) is 5. The lowest BCUT2D eigenvalue weighted by Crippen LogP contribution is -2.20. The Hall–Kier alpha value is -4.76. The number of hydrogen-bond acceptors (Lipinski definition) is 3. The quantitative estimate of drug-likeness (QED) is 0.340. The second-order valence-corrected chi connectivity index (χ2v) is 8.30. The second kappa shape index (κ2) is 7.68. The van der Waals surface area contributed by atoms with Gasteiger partial charge in [0.25, 0.3) is 0 Å². The van der Waals surface area contributed by atoms with E-state index in [1.54, 1.807) is 22.4 Å². The van der Waals surface area contributed by atoms with Gasteiger partial charge in [0.1, 0.15) is 0 Å². The molecule has 0 spiro atoms. The molecule has 0 unspecified atom stereocenters. The molecular weight excluding hydrogens is 422 g/mol. The fourth-order valence-electron chi connectivity index (χ4n) is 4.49. The molecule has 0 aliphatic rings. The van der Waals surface area contributed by atoms with Crippen molar-refractivity contribution in [2.45, 2.75) is 6.54 Å². The summed E-state index contributed by atoms with van der Waals surface area (Å²) in [4.78, 5) is 26.0. The maximum absolute atomic E-state index is 13.3. The zero-order valence-corrected chi connectivity index (χ0v) is 18.4. The average Bonchev–Trinajstić information content (AvgIpc) is 3.14. The molecule has 0 amide bonds. The largest absolute Gasteiger partial charge is 0.333 e. The van der Waals surface area contributed by atoms with Gasteiger partial charge in [-0.15, -0.1) is 0 Å². The summed E-state index contributed by atoms with van der Waals surface area (Å²) in [7, 11) is 1.76. The first kappa shape index (κ1) is 19.9. The van der Waals surface area contributed by atoms with Gasteiger partial charge in [0, 0.05) is 35.1 Å². The predicted octanol–water partition coefficient (Wildman–Crippen LogP) is 5.51. The molecule has 3 aromatic heterocycles. The van der Waals surface area contributed by atoms with Crippen LogP contribution in [0.3, 0.4) is 0 Å². The van der Waals surface area contributed by atoms with Gasteiger partial charge in [-0.1, -0.05) is 24.3 Å². The van der Waals surface area contributed by atoms with Crippen molar-refractivity contribution in [1.29, 1.82) is 0 Å². The Morgan fingerprint density at radius 2 is 1.68 bits per heavy atom. The van der Waals surface area contributed by atoms with Crippen LogP contribution in [0, 0.1) is 6.57 Å². The van der Waals surface area contributed by atoms with Gasteiger partial charge in [-0.05, 0) is 54.1 Å². The SMILES string of the molecule is [C-]#[N+]Cc1ccc(-n2c(=O)n(C)c3cnc4ccc(-c5cnc6ccccc6c5)cc4c32)cc1. The van der Waals surface area contributed by atoms with E-state index in [1.807, 2.05) is 60.8 Å². The van der Waals surface area contributed by atoms with Crippen molar-refractivity contribution >= 4 is 32.8 Å². The summed E-state index contributed by atoms with van der Waals surface area (Å²) in [5.41, 5.74) is 6.90. The number of imidazole rings is 1. The van der Waals surface area contributed by atoms with E-state index in [0.717, 1.165) is 55.2 Å². The maximum Gasteiger partial charge on any atom is 0.333 e. The number of para-hydroxylation sites is 1. The summed E-state index contributed by atoms with van der Waals surface area (Å²) in [5.74, 6) is 0. The number of aromatic nitrogens is 4. The monoisotopic (exact) mass is 441 g/mol. The number of pyridine rings is 2. The molecule has 0 fully saturated rings. The molecule has 0 N–H and O–H groups in total. The highest BCUT2D eigenvalue weighted by atomic mass is 16.1. The average molecular weight is 441 g/mol. The molecule has 0 atom stereocenters. The van der Waals surface area contributed by atoms with E-state index in [2.05, 4.69) is 33.0 Å². The molecule has 6 nitrogen and oxygen atoms in total. The third-order valence-electron chi connectivity index (χ3n) is 6.26. The topological polar surface area (TPSA) is 57.1 Å². The molecule has 6 heteroatoms. The zero-order valence-electron chi connectivity index (χ0n) is 18.4. The minimum absolute atomic E-state index is 0.139. The summed E-state index contributed by atoms with van der Waals surface area (Å²) < 4.78 is 3.35. The molecule has 162 valence electrons. The Bertz CT molecular complexity index is 1820. The molecule has 0 saturated carbocycles. The Kier molecular flexibility index (Phi) is 4.49. The molecule has 3 heterocycles. The van der Waals surface area contributed by atoms with Crippen LogP contribution in [0.2, 0.25) is 0 Å². The zero-order chi connectivity index (χ0) is 23.2. The lowest BCUT2D eigenvalue weighted by molar-refractivity contribution is 0.845. The van der Waals surface area contributed by atoms with E-state index in [0.29, 0.717) is 6.54 Å². The van der Waals surface area contributed by atoms with Crippen LogP contribution in [0.1, 0.15) is 5.56 Å². The van der Waals surface area contributed by atoms with Crippen LogP contribution in [-0.4, -0.2) is 19.1 Å². The van der Waals surface area contributed by atoms with Crippen LogP contribution in [0.4, 0.5) is 0 Å². The lowest BCUT2D eigenvalue weighted by atomic mass is 10.0. The Morgan fingerprint density at radius 3 is 2.50 bits per heavy atom. The first-order valence-electron chi connectivity index (χ1n) is 10.9. The summed E-state index contributed by atoms with van der Waals surface area (Å²) in [6.07, 6.45) is 3.63. The summed E-state index contributed by atoms with van der Waals surface area (Å²) in [6, 6.07) is 23.9. The molecule has 0 aliphatic carbocycles. The molecule has 3 aromatic carbocycles. The Labute approximate surface area is 195 Å². The predicted molar refractivity (Wildman–Crippen MR) is 135 cm³/mol. The maximum atomic E-state index is 13.3. The van der Waals surface area contributed by atoms with E-state index in [-0.39, 0.29) is 5.69 Å². The lowest BCUT2D eigenvalue weighted by Gasteiger charge is -2.09. The van der Waals surface area contributed by atoms with E-state index >= 15 is 0 Å². The number of rotatable bonds is 3. The highest BCUT2D eigenvalue weighted by Crippen LogP contribution is 2.30. The molecule has 0 radical (unpaired) electrons. The van der Waals surface area contributed by atoms with E-state index in [9.17, 15) is 4.79 Å². The summed E-state index contributed by atoms with van der Waals surface area (Å²) in [5, 5.41) is 1.97. The Morgan fingerprint density at radius 1 is 0.882 bits per heavy atom. The van der Waals surface area contributed by atoms with Crippen LogP contribution in [-0.2, 0) is 13.6 Å². The van der Waals surface area contributed by atoms with Gasteiger partial charge >= 0.3 is 5.69 Å². The van der Waals surface area contributed by atoms with E-state index in [1.165, 1.54) is 0 Å². The fourth-order valence-corrected chi connectivity index (χ4v) is 4.49. The van der Waals surface area contributed by atoms with Crippen LogP contribution in [0.25, 0.3) is 54.5 Å². The van der Waals surface area contributed by atoms with Crippen molar-refractivity contribution in [3.05, 3.63) is 113 Å². The smallest absolute Gasteiger partial charge is 0.312 e. The summed E-state index contributed by atoms with van der Waals surface area (Å²) >= 11 is 0. The van der Waals surface area contributed by atoms with Gasteiger partial charge in [0.05, 0.1) is 34.0 Å². The first-order valence-corrected chi connectivity index (χ1v) is 10.9. The minimum atomic E-state index is -0.139. The normalized spacial score (nSPS) is 11.3. The van der Waals surface area contributed by atoms with Gasteiger partial charge in [-0.3, -0.25) is 19.1 Å². The van der Waals surface area contributed by atoms with E-state index in [4.69, 9.17) is 6.57 Å². The molecule has 0 saturated heterocycles. The standard InChI is InChI=1S/C28H19N5O/c1-29-15-18-7-10-22(11-8-18)33-27-23-14-19(21-13-20-5-3-4-6-24(20)30-16-21)9-12-25(23)31-17-26(27)32(2)28(33)34/h3-14,16-17H,15H2,2H3. The highest BCUT2D eigenvalue weighted by molar-refractivity contribution is 6.04.